The maximum Gasteiger partial charge on any atom is 0.417 e. The average molecular weight is 442 g/mol. The molecule has 0 radical (unpaired) electrons. The van der Waals surface area contributed by atoms with Crippen molar-refractivity contribution in [3.05, 3.63) is 70.8 Å². The number of piperidine rings is 1. The van der Waals surface area contributed by atoms with Gasteiger partial charge < -0.3 is 9.80 Å². The van der Waals surface area contributed by atoms with Gasteiger partial charge in [0, 0.05) is 32.5 Å². The Morgan fingerprint density at radius 1 is 1.12 bits per heavy atom. The van der Waals surface area contributed by atoms with Crippen molar-refractivity contribution in [2.75, 3.05) is 19.6 Å². The molecule has 2 fully saturated rings. The van der Waals surface area contributed by atoms with Crippen LogP contribution in [0, 0.1) is 11.3 Å². The third-order valence-electron chi connectivity index (χ3n) is 6.12. The Bertz CT molecular complexity index is 1090. The first kappa shape index (κ1) is 21.8. The topological polar surface area (TPSA) is 76.4 Å². The van der Waals surface area contributed by atoms with Gasteiger partial charge in [0.1, 0.15) is 0 Å². The zero-order valence-corrected chi connectivity index (χ0v) is 17.2. The number of hydrogen-bond acceptors (Lipinski definition) is 4. The fourth-order valence-electron chi connectivity index (χ4n) is 4.44. The second kappa shape index (κ2) is 8.28. The lowest BCUT2D eigenvalue weighted by atomic mass is 9.94. The van der Waals surface area contributed by atoms with E-state index in [0.717, 1.165) is 11.6 Å². The molecule has 0 unspecified atom stereocenters. The predicted molar refractivity (Wildman–Crippen MR) is 109 cm³/mol. The van der Waals surface area contributed by atoms with Gasteiger partial charge in [-0.2, -0.15) is 18.4 Å². The number of rotatable bonds is 3. The van der Waals surface area contributed by atoms with Crippen molar-refractivity contribution in [3.8, 4) is 6.07 Å². The number of carbonyl (C=O) groups excluding carboxylic acids is 2. The number of hydrogen-bond donors (Lipinski definition) is 1. The summed E-state index contributed by atoms with van der Waals surface area (Å²) < 4.78 is 40.0. The lowest BCUT2D eigenvalue weighted by molar-refractivity contribution is -0.138. The molecule has 2 aromatic rings. The Morgan fingerprint density at radius 2 is 1.84 bits per heavy atom. The number of halogens is 3. The van der Waals surface area contributed by atoms with Crippen LogP contribution in [0.25, 0.3) is 0 Å². The maximum absolute atomic E-state index is 13.3. The van der Waals surface area contributed by atoms with E-state index in [4.69, 9.17) is 5.26 Å². The molecule has 6 nitrogen and oxygen atoms in total. The van der Waals surface area contributed by atoms with Crippen molar-refractivity contribution in [2.45, 2.75) is 31.2 Å². The SMILES string of the molecule is N#Cc1cccc(CN2C(=O)CNC23CCN(C(=O)c2ccccc2C(F)(F)F)CC3)c1. The second-order valence-corrected chi connectivity index (χ2v) is 8.01. The summed E-state index contributed by atoms with van der Waals surface area (Å²) in [6.07, 6.45) is -3.81. The molecule has 2 aliphatic heterocycles. The largest absolute Gasteiger partial charge is 0.417 e. The molecular formula is C23H21F3N4O2. The van der Waals surface area contributed by atoms with Crippen molar-refractivity contribution < 1.29 is 22.8 Å². The minimum Gasteiger partial charge on any atom is -0.338 e. The number of nitrogens with one attached hydrogen (secondary N) is 1. The lowest BCUT2D eigenvalue weighted by Gasteiger charge is -2.44. The third-order valence-corrected chi connectivity index (χ3v) is 6.12. The maximum atomic E-state index is 13.3. The summed E-state index contributed by atoms with van der Waals surface area (Å²) in [5, 5.41) is 12.4. The van der Waals surface area contributed by atoms with E-state index in [1.807, 2.05) is 6.07 Å². The summed E-state index contributed by atoms with van der Waals surface area (Å²) in [7, 11) is 0. The molecule has 1 spiro atoms. The molecule has 2 amide bonds. The summed E-state index contributed by atoms with van der Waals surface area (Å²) in [5.41, 5.74) is -0.659. The Hall–Kier alpha value is -3.38. The zero-order valence-electron chi connectivity index (χ0n) is 17.2. The predicted octanol–water partition coefficient (Wildman–Crippen LogP) is 3.14. The van der Waals surface area contributed by atoms with Crippen LogP contribution < -0.4 is 5.32 Å². The number of likely N-dealkylation sites (tertiary alicyclic amines) is 1. The molecule has 0 aromatic heterocycles. The van der Waals surface area contributed by atoms with Crippen molar-refractivity contribution in [1.29, 1.82) is 5.26 Å². The first-order chi connectivity index (χ1) is 15.2. The molecule has 2 aliphatic rings. The second-order valence-electron chi connectivity index (χ2n) is 8.01. The van der Waals surface area contributed by atoms with Crippen LogP contribution in [-0.4, -0.2) is 46.9 Å². The average Bonchev–Trinajstić information content (AvgIpc) is 3.08. The minimum atomic E-state index is -4.61. The summed E-state index contributed by atoms with van der Waals surface area (Å²) in [4.78, 5) is 28.6. The van der Waals surface area contributed by atoms with Crippen LogP contribution in [0.5, 0.6) is 0 Å². The number of benzene rings is 2. The van der Waals surface area contributed by atoms with Gasteiger partial charge in [0.2, 0.25) is 5.91 Å². The van der Waals surface area contributed by atoms with Crippen molar-refractivity contribution in [3.63, 3.8) is 0 Å². The first-order valence-electron chi connectivity index (χ1n) is 10.2. The fraction of sp³-hybridized carbons (Fsp3) is 0.348. The van der Waals surface area contributed by atoms with Crippen LogP contribution >= 0.6 is 0 Å². The Morgan fingerprint density at radius 3 is 2.53 bits per heavy atom. The molecule has 32 heavy (non-hydrogen) atoms. The van der Waals surface area contributed by atoms with Crippen LogP contribution in [0.15, 0.2) is 48.5 Å². The highest BCUT2D eigenvalue weighted by molar-refractivity contribution is 5.96. The molecule has 4 rings (SSSR count). The van der Waals surface area contributed by atoms with E-state index < -0.39 is 23.3 Å². The van der Waals surface area contributed by atoms with E-state index in [1.165, 1.54) is 23.1 Å². The Balaban J connectivity index is 1.50. The number of nitriles is 1. The van der Waals surface area contributed by atoms with E-state index >= 15 is 0 Å². The van der Waals surface area contributed by atoms with Crippen LogP contribution in [-0.2, 0) is 17.5 Å². The van der Waals surface area contributed by atoms with E-state index in [9.17, 15) is 22.8 Å². The van der Waals surface area contributed by atoms with Crippen molar-refractivity contribution in [2.24, 2.45) is 0 Å². The van der Waals surface area contributed by atoms with E-state index in [1.54, 1.807) is 23.1 Å². The van der Waals surface area contributed by atoms with Gasteiger partial charge in [-0.1, -0.05) is 24.3 Å². The summed E-state index contributed by atoms with van der Waals surface area (Å²) in [6.45, 7) is 0.912. The smallest absolute Gasteiger partial charge is 0.338 e. The van der Waals surface area contributed by atoms with Gasteiger partial charge in [-0.25, -0.2) is 0 Å². The molecule has 0 saturated carbocycles. The van der Waals surface area contributed by atoms with Gasteiger partial charge >= 0.3 is 6.18 Å². The first-order valence-corrected chi connectivity index (χ1v) is 10.2. The lowest BCUT2D eigenvalue weighted by Crippen LogP contribution is -2.59. The van der Waals surface area contributed by atoms with Gasteiger partial charge in [0.05, 0.1) is 35.0 Å². The van der Waals surface area contributed by atoms with Gasteiger partial charge in [-0.15, -0.1) is 0 Å². The zero-order chi connectivity index (χ0) is 22.9. The molecule has 9 heteroatoms. The highest BCUT2D eigenvalue weighted by Crippen LogP contribution is 2.35. The summed E-state index contributed by atoms with van der Waals surface area (Å²) in [5.74, 6) is -0.750. The highest BCUT2D eigenvalue weighted by atomic mass is 19.4. The Labute approximate surface area is 183 Å². The van der Waals surface area contributed by atoms with Gasteiger partial charge in [0.25, 0.3) is 5.91 Å². The molecule has 166 valence electrons. The molecule has 0 atom stereocenters. The molecule has 2 saturated heterocycles. The minimum absolute atomic E-state index is 0.0884. The van der Waals surface area contributed by atoms with Crippen LogP contribution in [0.3, 0.4) is 0 Å². The van der Waals surface area contributed by atoms with E-state index in [2.05, 4.69) is 11.4 Å². The van der Waals surface area contributed by atoms with Crippen molar-refractivity contribution >= 4 is 11.8 Å². The number of nitrogens with zero attached hydrogens (tertiary/aromatic N) is 3. The normalized spacial score (nSPS) is 18.1. The standard InChI is InChI=1S/C23H21F3N4O2/c24-23(25,26)19-7-2-1-6-18(19)21(32)29-10-8-22(9-11-29)28-14-20(31)30(22)15-17-5-3-4-16(12-17)13-27/h1-7,12,28H,8-11,14-15H2. The molecule has 0 aliphatic carbocycles. The van der Waals surface area contributed by atoms with Gasteiger partial charge in [-0.05, 0) is 29.8 Å². The molecule has 2 aromatic carbocycles. The summed E-state index contributed by atoms with van der Waals surface area (Å²) >= 11 is 0. The fourth-order valence-corrected chi connectivity index (χ4v) is 4.44. The third kappa shape index (κ3) is 4.06. The number of carbonyl (C=O) groups is 2. The molecule has 0 bridgehead atoms. The monoisotopic (exact) mass is 442 g/mol. The molecule has 1 N–H and O–H groups in total. The van der Waals surface area contributed by atoms with Gasteiger partial charge in [0.15, 0.2) is 0 Å². The van der Waals surface area contributed by atoms with Gasteiger partial charge in [-0.3, -0.25) is 14.9 Å². The van der Waals surface area contributed by atoms with Crippen LogP contribution in [0.2, 0.25) is 0 Å². The van der Waals surface area contributed by atoms with Crippen LogP contribution in [0.4, 0.5) is 13.2 Å². The molecular weight excluding hydrogens is 421 g/mol. The summed E-state index contributed by atoms with van der Waals surface area (Å²) in [6, 6.07) is 13.9. The quantitative estimate of drug-likeness (QED) is 0.793. The number of alkyl halides is 3. The van der Waals surface area contributed by atoms with Crippen LogP contribution in [0.1, 0.15) is 39.9 Å². The Kier molecular flexibility index (Phi) is 5.65. The van der Waals surface area contributed by atoms with E-state index in [0.29, 0.717) is 24.9 Å². The number of amides is 2. The molecule has 2 heterocycles. The highest BCUT2D eigenvalue weighted by Gasteiger charge is 2.47. The van der Waals surface area contributed by atoms with Crippen molar-refractivity contribution in [1.82, 2.24) is 15.1 Å². The van der Waals surface area contributed by atoms with E-state index in [-0.39, 0.29) is 31.1 Å².